The van der Waals surface area contributed by atoms with Gasteiger partial charge in [-0.2, -0.15) is 0 Å². The molecule has 0 bridgehead atoms. The lowest BCUT2D eigenvalue weighted by atomic mass is 10.2. The molecule has 24 heavy (non-hydrogen) atoms. The fourth-order valence-electron chi connectivity index (χ4n) is 2.31. The Morgan fingerprint density at radius 3 is 2.71 bits per heavy atom. The SMILES string of the molecule is Cc1sc2ncn(CC(=O)OCc3ccc(Cl)cc3)c(=O)c2c1C. The summed E-state index contributed by atoms with van der Waals surface area (Å²) in [5, 5.41) is 1.20. The van der Waals surface area contributed by atoms with Gasteiger partial charge in [0, 0.05) is 9.90 Å². The number of esters is 1. The predicted molar refractivity (Wildman–Crippen MR) is 94.6 cm³/mol. The fraction of sp³-hybridized carbons (Fsp3) is 0.235. The van der Waals surface area contributed by atoms with E-state index < -0.39 is 5.97 Å². The van der Waals surface area contributed by atoms with Crippen LogP contribution in [0, 0.1) is 13.8 Å². The molecule has 5 nitrogen and oxygen atoms in total. The Morgan fingerprint density at radius 2 is 2.00 bits per heavy atom. The van der Waals surface area contributed by atoms with Crippen LogP contribution < -0.4 is 5.56 Å². The molecule has 0 amide bonds. The van der Waals surface area contributed by atoms with E-state index >= 15 is 0 Å². The molecule has 124 valence electrons. The van der Waals surface area contributed by atoms with Crippen LogP contribution in [0.5, 0.6) is 0 Å². The Bertz CT molecular complexity index is 960. The van der Waals surface area contributed by atoms with Crippen LogP contribution in [0.3, 0.4) is 0 Å². The molecule has 0 saturated carbocycles. The van der Waals surface area contributed by atoms with E-state index in [1.807, 2.05) is 13.8 Å². The van der Waals surface area contributed by atoms with E-state index in [-0.39, 0.29) is 18.7 Å². The number of ether oxygens (including phenoxy) is 1. The Hall–Kier alpha value is -2.18. The van der Waals surface area contributed by atoms with Gasteiger partial charge in [-0.15, -0.1) is 11.3 Å². The molecule has 7 heteroatoms. The quantitative estimate of drug-likeness (QED) is 0.667. The van der Waals surface area contributed by atoms with Gasteiger partial charge in [0.25, 0.3) is 5.56 Å². The van der Waals surface area contributed by atoms with E-state index in [1.54, 1.807) is 24.3 Å². The van der Waals surface area contributed by atoms with Crippen LogP contribution in [-0.4, -0.2) is 15.5 Å². The van der Waals surface area contributed by atoms with Gasteiger partial charge in [-0.3, -0.25) is 14.2 Å². The summed E-state index contributed by atoms with van der Waals surface area (Å²) < 4.78 is 6.49. The average molecular weight is 363 g/mol. The minimum Gasteiger partial charge on any atom is -0.459 e. The Labute approximate surface area is 147 Å². The van der Waals surface area contributed by atoms with E-state index in [1.165, 1.54) is 22.2 Å². The third-order valence-corrected chi connectivity index (χ3v) is 5.14. The largest absolute Gasteiger partial charge is 0.459 e. The molecule has 0 atom stereocenters. The maximum absolute atomic E-state index is 12.5. The molecule has 1 aromatic carbocycles. The van der Waals surface area contributed by atoms with Gasteiger partial charge in [-0.25, -0.2) is 4.98 Å². The van der Waals surface area contributed by atoms with Gasteiger partial charge in [0.15, 0.2) is 0 Å². The van der Waals surface area contributed by atoms with Crippen LogP contribution >= 0.6 is 22.9 Å². The Balaban J connectivity index is 1.73. The number of carbonyl (C=O) groups is 1. The van der Waals surface area contributed by atoms with Crippen molar-refractivity contribution in [2.45, 2.75) is 27.0 Å². The predicted octanol–water partition coefficient (Wildman–Crippen LogP) is 3.47. The molecule has 0 saturated heterocycles. The summed E-state index contributed by atoms with van der Waals surface area (Å²) in [4.78, 5) is 30.5. The molecular formula is C17H15ClN2O3S. The van der Waals surface area contributed by atoms with Crippen LogP contribution in [-0.2, 0) is 22.7 Å². The number of benzene rings is 1. The second-order valence-electron chi connectivity index (χ2n) is 5.43. The molecule has 0 fully saturated rings. The summed E-state index contributed by atoms with van der Waals surface area (Å²) in [6.07, 6.45) is 1.39. The zero-order valence-electron chi connectivity index (χ0n) is 13.2. The second-order valence-corrected chi connectivity index (χ2v) is 7.07. The third-order valence-electron chi connectivity index (χ3n) is 3.77. The molecule has 0 N–H and O–H groups in total. The summed E-state index contributed by atoms with van der Waals surface area (Å²) in [7, 11) is 0. The molecule has 2 aromatic heterocycles. The van der Waals surface area contributed by atoms with E-state index in [0.717, 1.165) is 16.0 Å². The van der Waals surface area contributed by atoms with Crippen molar-refractivity contribution in [3.63, 3.8) is 0 Å². The number of hydrogen-bond donors (Lipinski definition) is 0. The molecule has 0 aliphatic carbocycles. The first-order valence-electron chi connectivity index (χ1n) is 7.31. The van der Waals surface area contributed by atoms with Gasteiger partial charge in [-0.1, -0.05) is 23.7 Å². The van der Waals surface area contributed by atoms with Crippen LogP contribution in [0.15, 0.2) is 35.4 Å². The molecule has 0 aliphatic heterocycles. The van der Waals surface area contributed by atoms with E-state index in [4.69, 9.17) is 16.3 Å². The highest BCUT2D eigenvalue weighted by Gasteiger charge is 2.14. The van der Waals surface area contributed by atoms with Crippen LogP contribution in [0.1, 0.15) is 16.0 Å². The first-order chi connectivity index (χ1) is 11.5. The molecule has 2 heterocycles. The first-order valence-corrected chi connectivity index (χ1v) is 8.50. The van der Waals surface area contributed by atoms with Crippen molar-refractivity contribution in [1.29, 1.82) is 0 Å². The smallest absolute Gasteiger partial charge is 0.326 e. The normalized spacial score (nSPS) is 11.0. The molecular weight excluding hydrogens is 348 g/mol. The van der Waals surface area contributed by atoms with Gasteiger partial charge in [0.2, 0.25) is 0 Å². The maximum Gasteiger partial charge on any atom is 0.326 e. The van der Waals surface area contributed by atoms with Gasteiger partial charge < -0.3 is 4.74 Å². The lowest BCUT2D eigenvalue weighted by Crippen LogP contribution is -2.25. The number of fused-ring (bicyclic) bond motifs is 1. The number of thiophene rings is 1. The van der Waals surface area contributed by atoms with Crippen molar-refractivity contribution in [3.05, 3.63) is 62.0 Å². The third kappa shape index (κ3) is 3.34. The first kappa shape index (κ1) is 16.7. The number of hydrogen-bond acceptors (Lipinski definition) is 5. The van der Waals surface area contributed by atoms with Gasteiger partial charge >= 0.3 is 5.97 Å². The van der Waals surface area contributed by atoms with Crippen molar-refractivity contribution in [3.8, 4) is 0 Å². The number of aromatic nitrogens is 2. The van der Waals surface area contributed by atoms with Crippen molar-refractivity contribution in [2.24, 2.45) is 0 Å². The fourth-order valence-corrected chi connectivity index (χ4v) is 3.43. The van der Waals surface area contributed by atoms with Crippen molar-refractivity contribution in [2.75, 3.05) is 0 Å². The topological polar surface area (TPSA) is 61.2 Å². The lowest BCUT2D eigenvalue weighted by Gasteiger charge is -2.07. The van der Waals surface area contributed by atoms with Crippen LogP contribution in [0.25, 0.3) is 10.2 Å². The number of rotatable bonds is 4. The molecule has 0 spiro atoms. The highest BCUT2D eigenvalue weighted by molar-refractivity contribution is 7.18. The average Bonchev–Trinajstić information content (AvgIpc) is 2.85. The maximum atomic E-state index is 12.5. The summed E-state index contributed by atoms with van der Waals surface area (Å²) in [6, 6.07) is 7.03. The summed E-state index contributed by atoms with van der Waals surface area (Å²) in [5.74, 6) is -0.488. The lowest BCUT2D eigenvalue weighted by molar-refractivity contribution is -0.145. The minimum atomic E-state index is -0.488. The Kier molecular flexibility index (Phi) is 4.69. The zero-order chi connectivity index (χ0) is 17.3. The van der Waals surface area contributed by atoms with Crippen LogP contribution in [0.2, 0.25) is 5.02 Å². The van der Waals surface area contributed by atoms with Gasteiger partial charge in [0.05, 0.1) is 11.7 Å². The number of halogens is 1. The van der Waals surface area contributed by atoms with Crippen molar-refractivity contribution < 1.29 is 9.53 Å². The standard InChI is InChI=1S/C17H15ClN2O3S/c1-10-11(2)24-16-15(10)17(22)20(9-19-16)7-14(21)23-8-12-3-5-13(18)6-4-12/h3-6,9H,7-8H2,1-2H3. The monoisotopic (exact) mass is 362 g/mol. The van der Waals surface area contributed by atoms with Gasteiger partial charge in [-0.05, 0) is 37.1 Å². The molecule has 0 unspecified atom stereocenters. The molecule has 3 aromatic rings. The van der Waals surface area contributed by atoms with E-state index in [2.05, 4.69) is 4.98 Å². The molecule has 3 rings (SSSR count). The number of aryl methyl sites for hydroxylation is 2. The molecule has 0 aliphatic rings. The summed E-state index contributed by atoms with van der Waals surface area (Å²) in [6.45, 7) is 3.81. The highest BCUT2D eigenvalue weighted by atomic mass is 35.5. The molecule has 0 radical (unpaired) electrons. The van der Waals surface area contributed by atoms with E-state index in [0.29, 0.717) is 15.2 Å². The van der Waals surface area contributed by atoms with Crippen LogP contribution in [0.4, 0.5) is 0 Å². The second kappa shape index (κ2) is 6.75. The summed E-state index contributed by atoms with van der Waals surface area (Å²) in [5.41, 5.74) is 1.53. The Morgan fingerprint density at radius 1 is 1.29 bits per heavy atom. The number of carbonyl (C=O) groups excluding carboxylic acids is 1. The number of nitrogens with zero attached hydrogens (tertiary/aromatic N) is 2. The van der Waals surface area contributed by atoms with Gasteiger partial charge in [0.1, 0.15) is 18.0 Å². The van der Waals surface area contributed by atoms with E-state index in [9.17, 15) is 9.59 Å². The summed E-state index contributed by atoms with van der Waals surface area (Å²) >= 11 is 7.29. The minimum absolute atomic E-state index is 0.136. The van der Waals surface area contributed by atoms with Crippen molar-refractivity contribution in [1.82, 2.24) is 9.55 Å². The highest BCUT2D eigenvalue weighted by Crippen LogP contribution is 2.25. The van der Waals surface area contributed by atoms with Crippen molar-refractivity contribution >= 4 is 39.1 Å². The zero-order valence-corrected chi connectivity index (χ0v) is 14.8.